The van der Waals surface area contributed by atoms with Crippen LogP contribution in [-0.4, -0.2) is 62.1 Å². The second-order valence-corrected chi connectivity index (χ2v) is 10.4. The molecule has 0 aliphatic carbocycles. The molecule has 1 aromatic rings. The van der Waals surface area contributed by atoms with E-state index >= 15 is 0 Å². The highest BCUT2D eigenvalue weighted by molar-refractivity contribution is 7.87. The fraction of sp³-hybridized carbons (Fsp3) is 0.708. The van der Waals surface area contributed by atoms with Crippen molar-refractivity contribution in [2.75, 3.05) is 31.9 Å². The zero-order valence-electron chi connectivity index (χ0n) is 19.5. The molecule has 1 atom stereocenters. The van der Waals surface area contributed by atoms with Crippen molar-refractivity contribution in [1.82, 2.24) is 9.80 Å². The number of nitrogens with zero attached hydrogens (tertiary/aromatic N) is 2. The maximum atomic E-state index is 12.1. The number of rotatable bonds is 13. The maximum absolute atomic E-state index is 12.1. The molecule has 1 aliphatic rings. The van der Waals surface area contributed by atoms with E-state index in [0.717, 1.165) is 64.7 Å². The Bertz CT molecular complexity index is 764. The van der Waals surface area contributed by atoms with E-state index in [4.69, 9.17) is 4.18 Å². The summed E-state index contributed by atoms with van der Waals surface area (Å²) < 4.78 is 28.3. The van der Waals surface area contributed by atoms with E-state index < -0.39 is 10.1 Å². The Balaban J connectivity index is 1.81. The van der Waals surface area contributed by atoms with Crippen LogP contribution in [0.5, 0.6) is 5.75 Å². The predicted molar refractivity (Wildman–Crippen MR) is 126 cm³/mol. The fourth-order valence-corrected chi connectivity index (χ4v) is 4.61. The molecule has 0 spiro atoms. The van der Waals surface area contributed by atoms with E-state index in [1.807, 2.05) is 12.1 Å². The standard InChI is InChI=1S/C24H40N2O4S/c1-4-16-25(17-9-10-19-26-18-8-6-7-11-24(26)27)21(3)20-22-12-14-23(15-13-22)30-31(28,29)5-2/h12-15,21H,4-11,16-20H2,1-3H3. The van der Waals surface area contributed by atoms with Crippen LogP contribution in [0, 0.1) is 0 Å². The van der Waals surface area contributed by atoms with Gasteiger partial charge in [-0.1, -0.05) is 25.5 Å². The molecule has 0 saturated carbocycles. The van der Waals surface area contributed by atoms with Crippen LogP contribution in [0.25, 0.3) is 0 Å². The lowest BCUT2D eigenvalue weighted by Crippen LogP contribution is -2.37. The van der Waals surface area contributed by atoms with Crippen LogP contribution in [0.3, 0.4) is 0 Å². The number of amides is 1. The van der Waals surface area contributed by atoms with E-state index in [1.165, 1.54) is 12.0 Å². The van der Waals surface area contributed by atoms with Crippen molar-refractivity contribution < 1.29 is 17.4 Å². The van der Waals surface area contributed by atoms with E-state index in [0.29, 0.717) is 24.1 Å². The summed E-state index contributed by atoms with van der Waals surface area (Å²) in [5.41, 5.74) is 1.17. The summed E-state index contributed by atoms with van der Waals surface area (Å²) in [5, 5.41) is 0. The first-order valence-corrected chi connectivity index (χ1v) is 13.4. The molecule has 1 fully saturated rings. The molecular formula is C24H40N2O4S. The van der Waals surface area contributed by atoms with Gasteiger partial charge in [-0.15, -0.1) is 0 Å². The van der Waals surface area contributed by atoms with Gasteiger partial charge in [-0.25, -0.2) is 0 Å². The van der Waals surface area contributed by atoms with Crippen LogP contribution in [0.2, 0.25) is 0 Å². The molecule has 0 aromatic heterocycles. The van der Waals surface area contributed by atoms with E-state index in [1.54, 1.807) is 19.1 Å². The molecule has 31 heavy (non-hydrogen) atoms. The van der Waals surface area contributed by atoms with Crippen molar-refractivity contribution in [3.05, 3.63) is 29.8 Å². The number of benzene rings is 1. The third-order valence-corrected chi connectivity index (χ3v) is 7.11. The van der Waals surface area contributed by atoms with Gasteiger partial charge in [-0.2, -0.15) is 8.42 Å². The van der Waals surface area contributed by atoms with Crippen molar-refractivity contribution in [3.63, 3.8) is 0 Å². The van der Waals surface area contributed by atoms with Crippen LogP contribution in [0.4, 0.5) is 0 Å². The van der Waals surface area contributed by atoms with Gasteiger partial charge in [0, 0.05) is 25.6 Å². The number of hydrogen-bond acceptors (Lipinski definition) is 5. The summed E-state index contributed by atoms with van der Waals surface area (Å²) in [7, 11) is -3.49. The highest BCUT2D eigenvalue weighted by Crippen LogP contribution is 2.18. The van der Waals surface area contributed by atoms with Gasteiger partial charge in [-0.3, -0.25) is 4.79 Å². The lowest BCUT2D eigenvalue weighted by atomic mass is 10.0. The minimum atomic E-state index is -3.49. The van der Waals surface area contributed by atoms with Gasteiger partial charge in [0.05, 0.1) is 5.75 Å². The molecule has 1 heterocycles. The summed E-state index contributed by atoms with van der Waals surface area (Å²) in [6.07, 6.45) is 8.23. The SMILES string of the molecule is CCCN(CCCCN1CCCCCC1=O)C(C)Cc1ccc(OS(=O)(=O)CC)cc1. The fourth-order valence-electron chi connectivity index (χ4n) is 4.09. The van der Waals surface area contributed by atoms with E-state index in [2.05, 4.69) is 23.6 Å². The summed E-state index contributed by atoms with van der Waals surface area (Å²) in [5.74, 6) is 0.658. The molecule has 176 valence electrons. The summed E-state index contributed by atoms with van der Waals surface area (Å²) >= 11 is 0. The van der Waals surface area contributed by atoms with Gasteiger partial charge in [0.25, 0.3) is 0 Å². The van der Waals surface area contributed by atoms with Crippen molar-refractivity contribution >= 4 is 16.0 Å². The molecule has 1 amide bonds. The molecule has 0 bridgehead atoms. The van der Waals surface area contributed by atoms with Crippen molar-refractivity contribution in [2.24, 2.45) is 0 Å². The maximum Gasteiger partial charge on any atom is 0.308 e. The Hall–Kier alpha value is -1.60. The molecule has 2 rings (SSSR count). The highest BCUT2D eigenvalue weighted by Gasteiger charge is 2.17. The van der Waals surface area contributed by atoms with Gasteiger partial charge >= 0.3 is 10.1 Å². The predicted octanol–water partition coefficient (Wildman–Crippen LogP) is 4.24. The first-order valence-electron chi connectivity index (χ1n) is 11.9. The number of carbonyl (C=O) groups is 1. The van der Waals surface area contributed by atoms with E-state index in [9.17, 15) is 13.2 Å². The normalized spacial score (nSPS) is 16.4. The first kappa shape index (κ1) is 25.7. The molecule has 6 nitrogen and oxygen atoms in total. The lowest BCUT2D eigenvalue weighted by molar-refractivity contribution is -0.130. The molecule has 1 aromatic carbocycles. The van der Waals surface area contributed by atoms with Crippen LogP contribution in [0.1, 0.15) is 71.3 Å². The minimum absolute atomic E-state index is 0.0380. The average molecular weight is 453 g/mol. The third-order valence-electron chi connectivity index (χ3n) is 5.96. The third kappa shape index (κ3) is 9.19. The Morgan fingerprint density at radius 3 is 2.48 bits per heavy atom. The van der Waals surface area contributed by atoms with E-state index in [-0.39, 0.29) is 5.75 Å². The molecule has 1 unspecified atom stereocenters. The summed E-state index contributed by atoms with van der Waals surface area (Å²) in [6.45, 7) is 9.92. The first-order chi connectivity index (χ1) is 14.8. The number of hydrogen-bond donors (Lipinski definition) is 0. The second kappa shape index (κ2) is 13.1. The molecular weight excluding hydrogens is 412 g/mol. The van der Waals surface area contributed by atoms with Gasteiger partial charge in [0.1, 0.15) is 5.75 Å². The minimum Gasteiger partial charge on any atom is -0.382 e. The zero-order valence-corrected chi connectivity index (χ0v) is 20.3. The average Bonchev–Trinajstić information content (AvgIpc) is 2.95. The number of carbonyl (C=O) groups excluding carboxylic acids is 1. The number of likely N-dealkylation sites (tertiary alicyclic amines) is 1. The Kier molecular flexibility index (Phi) is 10.8. The topological polar surface area (TPSA) is 66.9 Å². The quantitative estimate of drug-likeness (QED) is 0.331. The number of unbranched alkanes of at least 4 members (excludes halogenated alkanes) is 1. The van der Waals surface area contributed by atoms with Crippen molar-refractivity contribution in [2.45, 2.75) is 78.2 Å². The van der Waals surface area contributed by atoms with Gasteiger partial charge in [0.2, 0.25) is 5.91 Å². The summed E-state index contributed by atoms with van der Waals surface area (Å²) in [4.78, 5) is 16.7. The largest absolute Gasteiger partial charge is 0.382 e. The molecule has 0 N–H and O–H groups in total. The Morgan fingerprint density at radius 2 is 1.81 bits per heavy atom. The zero-order chi connectivity index (χ0) is 22.7. The molecule has 1 saturated heterocycles. The highest BCUT2D eigenvalue weighted by atomic mass is 32.2. The van der Waals surface area contributed by atoms with Gasteiger partial charge in [0.15, 0.2) is 0 Å². The molecule has 7 heteroatoms. The van der Waals surface area contributed by atoms with Crippen LogP contribution >= 0.6 is 0 Å². The molecule has 1 aliphatic heterocycles. The van der Waals surface area contributed by atoms with Crippen LogP contribution in [0.15, 0.2) is 24.3 Å². The van der Waals surface area contributed by atoms with Crippen molar-refractivity contribution in [1.29, 1.82) is 0 Å². The second-order valence-electron chi connectivity index (χ2n) is 8.56. The van der Waals surface area contributed by atoms with Gasteiger partial charge in [-0.05, 0) is 83.2 Å². The van der Waals surface area contributed by atoms with Crippen LogP contribution in [-0.2, 0) is 21.3 Å². The Labute approximate surface area is 189 Å². The summed E-state index contributed by atoms with van der Waals surface area (Å²) in [6, 6.07) is 7.76. The van der Waals surface area contributed by atoms with Crippen molar-refractivity contribution in [3.8, 4) is 5.75 Å². The van der Waals surface area contributed by atoms with Crippen LogP contribution < -0.4 is 4.18 Å². The molecule has 0 radical (unpaired) electrons. The monoisotopic (exact) mass is 452 g/mol. The Morgan fingerprint density at radius 1 is 1.06 bits per heavy atom. The van der Waals surface area contributed by atoms with Gasteiger partial charge < -0.3 is 14.0 Å². The lowest BCUT2D eigenvalue weighted by Gasteiger charge is -2.29. The smallest absolute Gasteiger partial charge is 0.308 e.